The molecule has 2 aromatic heterocycles. The molecule has 0 aliphatic carbocycles. The lowest BCUT2D eigenvalue weighted by molar-refractivity contribution is 0.411. The van der Waals surface area contributed by atoms with E-state index in [1.807, 2.05) is 50.2 Å². The van der Waals surface area contributed by atoms with Crippen molar-refractivity contribution in [3.05, 3.63) is 87.8 Å². The highest BCUT2D eigenvalue weighted by molar-refractivity contribution is 9.28. The number of hydrogen-bond acceptors (Lipinski definition) is 8. The number of methoxy groups -OCH3 is 2. The molecule has 0 fully saturated rings. The van der Waals surface area contributed by atoms with Gasteiger partial charge in [0, 0.05) is 5.56 Å². The van der Waals surface area contributed by atoms with Crippen LogP contribution in [0.15, 0.2) is 61.2 Å². The van der Waals surface area contributed by atoms with Gasteiger partial charge in [-0.1, -0.05) is 102 Å². The zero-order valence-corrected chi connectivity index (χ0v) is 45.7. The Kier molecular flexibility index (Phi) is 29.7. The lowest BCUT2D eigenvalue weighted by Crippen LogP contribution is -2.29. The molecule has 4 rings (SSSR count). The molecule has 280 valence electrons. The van der Waals surface area contributed by atoms with Crippen LogP contribution < -0.4 is 14.9 Å². The fourth-order valence-electron chi connectivity index (χ4n) is 3.34. The number of rotatable bonds is 10. The molecule has 0 saturated carbocycles. The van der Waals surface area contributed by atoms with Crippen LogP contribution in [-0.2, 0) is 0 Å². The molecule has 2 aromatic carbocycles. The van der Waals surface area contributed by atoms with Gasteiger partial charge in [0.1, 0.15) is 18.3 Å². The van der Waals surface area contributed by atoms with E-state index in [9.17, 15) is 0 Å². The summed E-state index contributed by atoms with van der Waals surface area (Å²) < 4.78 is 9.99. The number of halogens is 3. The Morgan fingerprint density at radius 3 is 1.37 bits per heavy atom. The maximum absolute atomic E-state index is 8.67. The minimum Gasteiger partial charge on any atom is -0.491 e. The van der Waals surface area contributed by atoms with Gasteiger partial charge in [-0.25, -0.2) is 19.9 Å². The highest BCUT2D eigenvalue weighted by atomic mass is 35.5. The van der Waals surface area contributed by atoms with Gasteiger partial charge in [-0.15, -0.1) is 71.4 Å². The van der Waals surface area contributed by atoms with E-state index in [1.54, 1.807) is 19.2 Å². The van der Waals surface area contributed by atoms with E-state index in [-0.39, 0.29) is 52.2 Å². The third kappa shape index (κ3) is 19.4. The summed E-state index contributed by atoms with van der Waals surface area (Å²) in [6.07, 6.45) is 2.70. The van der Waals surface area contributed by atoms with E-state index < -0.39 is 7.12 Å². The molecule has 2 N–H and O–H groups in total. The van der Waals surface area contributed by atoms with Gasteiger partial charge in [0.05, 0.1) is 14.2 Å². The Morgan fingerprint density at radius 1 is 0.627 bits per heavy atom. The third-order valence-electron chi connectivity index (χ3n) is 5.69. The number of aryl methyl sites for hydroxylation is 2. The molecule has 2 heterocycles. The van der Waals surface area contributed by atoms with E-state index in [4.69, 9.17) is 54.3 Å². The van der Waals surface area contributed by atoms with Crippen LogP contribution >= 0.6 is 156 Å². The predicted octanol–water partition coefficient (Wildman–Crippen LogP) is 12.9. The van der Waals surface area contributed by atoms with Gasteiger partial charge in [0.25, 0.3) is 0 Å². The van der Waals surface area contributed by atoms with Gasteiger partial charge in [0.15, 0.2) is 27.0 Å². The van der Waals surface area contributed by atoms with Gasteiger partial charge in [-0.05, 0) is 61.2 Å². The topological polar surface area (TPSA) is 110 Å². The van der Waals surface area contributed by atoms with Crippen LogP contribution in [0.5, 0.6) is 11.5 Å². The summed E-state index contributed by atoms with van der Waals surface area (Å²) in [6.45, 7) is 4.87. The number of nitrogens with zero attached hydrogens (tertiary/aromatic N) is 4. The van der Waals surface area contributed by atoms with Crippen molar-refractivity contribution >= 4 is 169 Å². The quantitative estimate of drug-likeness (QED) is 0.0918. The molecule has 0 radical (unpaired) electrons. The summed E-state index contributed by atoms with van der Waals surface area (Å²) >= 11 is 17.1. The fraction of sp³-hybridized carbons (Fsp3) is 0.167. The predicted molar refractivity (Wildman–Crippen MR) is 271 cm³/mol. The van der Waals surface area contributed by atoms with E-state index in [1.165, 1.54) is 25.3 Å². The summed E-state index contributed by atoms with van der Waals surface area (Å²) in [7, 11) is 27.3. The first kappa shape index (κ1) is 52.5. The molecule has 0 aliphatic rings. The Morgan fingerprint density at radius 2 is 1.02 bits per heavy atom. The molecule has 11 unspecified atom stereocenters. The Bertz CT molecular complexity index is 1570. The molecular weight excluding hydrogens is 990 g/mol. The lowest BCUT2D eigenvalue weighted by atomic mass is 9.80. The number of hydrogen-bond donors (Lipinski definition) is 2. The van der Waals surface area contributed by atoms with Gasteiger partial charge in [0.2, 0.25) is 0 Å². The van der Waals surface area contributed by atoms with E-state index in [2.05, 4.69) is 91.4 Å². The highest BCUT2D eigenvalue weighted by Crippen LogP contribution is 3.22. The molecule has 11 atom stereocenters. The molecule has 8 nitrogen and oxygen atoms in total. The van der Waals surface area contributed by atoms with Gasteiger partial charge < -0.3 is 19.5 Å². The Balaban J connectivity index is 0.000000347. The van der Waals surface area contributed by atoms with Crippen molar-refractivity contribution in [3.8, 4) is 22.8 Å². The van der Waals surface area contributed by atoms with E-state index in [0.29, 0.717) is 27.8 Å². The number of ether oxygens (including phenoxy) is 2. The van der Waals surface area contributed by atoms with Gasteiger partial charge in [-0.3, -0.25) is 0 Å². The first-order chi connectivity index (χ1) is 24.0. The average Bonchev–Trinajstić information content (AvgIpc) is 3.07. The third-order valence-corrected chi connectivity index (χ3v) is 94.9. The second kappa shape index (κ2) is 28.8. The normalized spacial score (nSPS) is 12.1. The lowest BCUT2D eigenvalue weighted by Gasteiger charge is -2.38. The van der Waals surface area contributed by atoms with Crippen LogP contribution in [0.1, 0.15) is 11.1 Å². The van der Waals surface area contributed by atoms with E-state index >= 15 is 0 Å². The monoisotopic (exact) mass is 1030 g/mol. The molecule has 27 heteroatoms. The molecule has 0 saturated heterocycles. The van der Waals surface area contributed by atoms with Crippen molar-refractivity contribution in [1.29, 1.82) is 0 Å². The summed E-state index contributed by atoms with van der Waals surface area (Å²) in [5.41, 5.74) is 4.52. The van der Waals surface area contributed by atoms with Crippen LogP contribution in [0.2, 0.25) is 15.5 Å². The maximum Gasteiger partial charge on any atom is 0.488 e. The summed E-state index contributed by atoms with van der Waals surface area (Å²) in [6, 6.07) is 15.1. The van der Waals surface area contributed by atoms with Crippen molar-refractivity contribution in [2.24, 2.45) is 0 Å². The van der Waals surface area contributed by atoms with Crippen molar-refractivity contribution in [2.75, 3.05) is 14.2 Å². The number of benzene rings is 2. The first-order valence-electron chi connectivity index (χ1n) is 13.7. The van der Waals surface area contributed by atoms with Crippen LogP contribution in [0.4, 0.5) is 0 Å². The Labute approximate surface area is 344 Å². The van der Waals surface area contributed by atoms with Crippen LogP contribution in [0, 0.1) is 13.8 Å². The summed E-state index contributed by atoms with van der Waals surface area (Å²) in [5.74, 6) is 0.818. The average molecular weight is 1030 g/mol. The van der Waals surface area contributed by atoms with Crippen LogP contribution in [0.25, 0.3) is 11.3 Å². The van der Waals surface area contributed by atoms with Crippen LogP contribution in [0.3, 0.4) is 0 Å². The summed E-state index contributed by atoms with van der Waals surface area (Å²) in [5, 5.41) is 18.1. The largest absolute Gasteiger partial charge is 0.491 e. The first-order valence-corrected chi connectivity index (χ1v) is 41.4. The maximum atomic E-state index is 8.67. The van der Waals surface area contributed by atoms with Crippen molar-refractivity contribution in [2.45, 2.75) is 13.8 Å². The molecular formula is C24H41BCl3N4O4P15. The van der Waals surface area contributed by atoms with Crippen molar-refractivity contribution in [3.63, 3.8) is 0 Å². The molecule has 4 aromatic rings. The number of aromatic nitrogens is 4. The zero-order valence-electron chi connectivity index (χ0n) is 27.8. The summed E-state index contributed by atoms with van der Waals surface area (Å²) in [4.78, 5) is 15.4. The van der Waals surface area contributed by atoms with E-state index in [0.717, 1.165) is 19.1 Å². The van der Waals surface area contributed by atoms with Gasteiger partial charge in [-0.2, -0.15) is 0 Å². The highest BCUT2D eigenvalue weighted by Gasteiger charge is 2.33. The minimum atomic E-state index is -1.35. The smallest absolute Gasteiger partial charge is 0.488 e. The van der Waals surface area contributed by atoms with Crippen molar-refractivity contribution in [1.82, 2.24) is 19.9 Å². The Hall–Kier alpha value is 3.50. The standard InChI is InChI=1S/C12H11ClN2O.C7H9BO2.C5H4Cl2N2O.H17P15/c1-8-3-5-9(6-4-8)10-11(16-2)12(13)15-7-14-10;1-6-2-4-7(5-3-6)8(9)10;1-10-3-4(6)8-2-9-5(3)7;1-9-13(8)15(12(6)7)14(10(2)3)11(4)5/h3-7H,1-2H3;2-5,9-10H,1H3;2H,1H3;9H,1-8H2. The second-order valence-corrected chi connectivity index (χ2v) is 66.3. The molecule has 0 aliphatic heterocycles. The second-order valence-electron chi connectivity index (χ2n) is 9.34. The fourth-order valence-corrected chi connectivity index (χ4v) is 160. The SMILES string of the molecule is COc1c(Cl)ncnc1-c1ccc(C)cc1.COc1c(Cl)ncnc1Cl.Cc1ccc(B(O)O)cc1.PPP(P)P(P(P)P)P(P(P)P)P(P)P. The molecule has 0 amide bonds. The van der Waals surface area contributed by atoms with Gasteiger partial charge >= 0.3 is 7.12 Å². The molecule has 51 heavy (non-hydrogen) atoms. The minimum absolute atomic E-state index is 0.0884. The molecule has 0 bridgehead atoms. The van der Waals surface area contributed by atoms with Crippen molar-refractivity contribution < 1.29 is 19.5 Å². The molecule has 0 spiro atoms. The zero-order chi connectivity index (χ0) is 38.8. The van der Waals surface area contributed by atoms with Crippen LogP contribution in [-0.4, -0.2) is 51.3 Å².